The predicted octanol–water partition coefficient (Wildman–Crippen LogP) is 5.15. The highest BCUT2D eigenvalue weighted by Crippen LogP contribution is 2.42. The van der Waals surface area contributed by atoms with Crippen LogP contribution in [0.4, 0.5) is 13.2 Å². The summed E-state index contributed by atoms with van der Waals surface area (Å²) in [6.07, 6.45) is 1.30. The number of carbonyl (C=O) groups is 1. The Balaban J connectivity index is 1.49. The van der Waals surface area contributed by atoms with Crippen LogP contribution in [0.25, 0.3) is 28.3 Å². The molecule has 1 N–H and O–H groups in total. The minimum atomic E-state index is -4.77. The summed E-state index contributed by atoms with van der Waals surface area (Å²) in [6, 6.07) is 9.60. The Morgan fingerprint density at radius 3 is 2.52 bits per heavy atom. The molecule has 1 saturated carbocycles. The van der Waals surface area contributed by atoms with E-state index in [0.717, 1.165) is 12.8 Å². The molecule has 1 fully saturated rings. The Morgan fingerprint density at radius 2 is 1.88 bits per heavy atom. The molecule has 33 heavy (non-hydrogen) atoms. The lowest BCUT2D eigenvalue weighted by atomic mass is 10.0. The van der Waals surface area contributed by atoms with Crippen LogP contribution in [0.1, 0.15) is 29.0 Å². The number of alkyl halides is 3. The molecule has 1 amide bonds. The third-order valence-electron chi connectivity index (χ3n) is 5.09. The maximum absolute atomic E-state index is 13.6. The third kappa shape index (κ3) is 4.34. The van der Waals surface area contributed by atoms with Crippen LogP contribution < -0.4 is 5.32 Å². The van der Waals surface area contributed by atoms with E-state index in [1.54, 1.807) is 36.4 Å². The van der Waals surface area contributed by atoms with Crippen molar-refractivity contribution in [1.82, 2.24) is 25.0 Å². The average molecular weight is 474 g/mol. The van der Waals surface area contributed by atoms with Gasteiger partial charge in [-0.05, 0) is 37.1 Å². The zero-order valence-electron chi connectivity index (χ0n) is 16.8. The van der Waals surface area contributed by atoms with Gasteiger partial charge in [0.2, 0.25) is 5.76 Å². The van der Waals surface area contributed by atoms with Crippen LogP contribution in [0.2, 0.25) is 5.02 Å². The first-order valence-electron chi connectivity index (χ1n) is 9.94. The van der Waals surface area contributed by atoms with Gasteiger partial charge >= 0.3 is 6.18 Å². The number of halogens is 4. The van der Waals surface area contributed by atoms with E-state index in [9.17, 15) is 18.0 Å². The van der Waals surface area contributed by atoms with E-state index in [0.29, 0.717) is 22.0 Å². The van der Waals surface area contributed by atoms with Crippen molar-refractivity contribution in [3.05, 3.63) is 71.5 Å². The molecule has 4 aromatic rings. The number of aromatic nitrogens is 4. The molecule has 7 nitrogen and oxygen atoms in total. The maximum Gasteiger partial charge on any atom is 0.453 e. The predicted molar refractivity (Wildman–Crippen MR) is 113 cm³/mol. The zero-order valence-corrected chi connectivity index (χ0v) is 17.6. The van der Waals surface area contributed by atoms with Gasteiger partial charge in [0.25, 0.3) is 5.91 Å². The van der Waals surface area contributed by atoms with Gasteiger partial charge in [0.05, 0.1) is 16.8 Å². The van der Waals surface area contributed by atoms with Crippen molar-refractivity contribution in [3.8, 4) is 28.3 Å². The van der Waals surface area contributed by atoms with Gasteiger partial charge in [-0.15, -0.1) is 0 Å². The van der Waals surface area contributed by atoms with Gasteiger partial charge < -0.3 is 9.84 Å². The molecule has 5 rings (SSSR count). The second-order valence-electron chi connectivity index (χ2n) is 7.56. The number of hydrogen-bond acceptors (Lipinski definition) is 5. The van der Waals surface area contributed by atoms with Gasteiger partial charge in [-0.25, -0.2) is 9.97 Å². The van der Waals surface area contributed by atoms with Crippen molar-refractivity contribution in [2.75, 3.05) is 0 Å². The van der Waals surface area contributed by atoms with E-state index in [1.165, 1.54) is 23.3 Å². The van der Waals surface area contributed by atoms with E-state index in [4.69, 9.17) is 11.6 Å². The molecule has 0 aliphatic heterocycles. The molecule has 0 saturated heterocycles. The number of pyridine rings is 1. The lowest BCUT2D eigenvalue weighted by Crippen LogP contribution is -2.25. The molecule has 1 aliphatic rings. The minimum absolute atomic E-state index is 0.00544. The van der Waals surface area contributed by atoms with Crippen molar-refractivity contribution in [1.29, 1.82) is 0 Å². The first-order valence-corrected chi connectivity index (χ1v) is 10.3. The zero-order chi connectivity index (χ0) is 23.2. The third-order valence-corrected chi connectivity index (χ3v) is 5.35. The fourth-order valence-corrected chi connectivity index (χ4v) is 3.40. The fraction of sp³-hybridized carbons (Fsp3) is 0.182. The smallest absolute Gasteiger partial charge is 0.350 e. The van der Waals surface area contributed by atoms with Crippen molar-refractivity contribution in [2.45, 2.75) is 25.1 Å². The van der Waals surface area contributed by atoms with Crippen LogP contribution in [0, 0.1) is 0 Å². The molecule has 0 radical (unpaired) electrons. The summed E-state index contributed by atoms with van der Waals surface area (Å²) >= 11 is 5.89. The molecule has 3 heterocycles. The second kappa shape index (κ2) is 8.04. The Morgan fingerprint density at radius 1 is 1.12 bits per heavy atom. The number of hydrogen-bond donors (Lipinski definition) is 1. The van der Waals surface area contributed by atoms with Gasteiger partial charge in [0, 0.05) is 29.0 Å². The molecule has 0 bridgehead atoms. The van der Waals surface area contributed by atoms with E-state index >= 15 is 0 Å². The van der Waals surface area contributed by atoms with Crippen molar-refractivity contribution < 1.29 is 22.5 Å². The van der Waals surface area contributed by atoms with E-state index < -0.39 is 11.9 Å². The van der Waals surface area contributed by atoms with E-state index in [2.05, 4.69) is 25.0 Å². The number of carbonyl (C=O) groups excluding carboxylic acids is 1. The first-order chi connectivity index (χ1) is 15.8. The highest BCUT2D eigenvalue weighted by Gasteiger charge is 2.41. The van der Waals surface area contributed by atoms with Crippen LogP contribution in [0.5, 0.6) is 0 Å². The minimum Gasteiger partial charge on any atom is -0.350 e. The summed E-state index contributed by atoms with van der Waals surface area (Å²) in [5, 5.41) is 6.96. The molecule has 0 spiro atoms. The van der Waals surface area contributed by atoms with Gasteiger partial charge in [-0.2, -0.15) is 13.2 Å². The lowest BCUT2D eigenvalue weighted by molar-refractivity contribution is -0.154. The number of nitrogens with zero attached hydrogens (tertiary/aromatic N) is 4. The average Bonchev–Trinajstić information content (AvgIpc) is 3.28. The van der Waals surface area contributed by atoms with Gasteiger partial charge in [0.15, 0.2) is 0 Å². The van der Waals surface area contributed by atoms with Crippen LogP contribution in [0.3, 0.4) is 0 Å². The molecule has 3 aromatic heterocycles. The largest absolute Gasteiger partial charge is 0.453 e. The van der Waals surface area contributed by atoms with Gasteiger partial charge in [-0.1, -0.05) is 28.9 Å². The highest BCUT2D eigenvalue weighted by atomic mass is 35.5. The molecule has 168 valence electrons. The van der Waals surface area contributed by atoms with E-state index in [1.807, 2.05) is 0 Å². The van der Waals surface area contributed by atoms with Crippen LogP contribution >= 0.6 is 11.6 Å². The number of imidazole rings is 1. The summed E-state index contributed by atoms with van der Waals surface area (Å²) in [7, 11) is 0. The standard InChI is InChI=1S/C22H15ClF3N5O2/c23-14-4-1-12(2-5-14)19-18(20(33-30-19)22(24,25)26)16-10-31(11-28-16)17-8-3-13(9-27-17)21(32)29-15-6-7-15/h1-5,8-11,15H,6-7H2,(H,29,32). The number of benzene rings is 1. The molecule has 0 atom stereocenters. The lowest BCUT2D eigenvalue weighted by Gasteiger charge is -2.06. The Bertz CT molecular complexity index is 1310. The number of nitrogens with one attached hydrogen (secondary N) is 1. The molecular formula is C22H15ClF3N5O2. The first kappa shape index (κ1) is 21.2. The molecule has 1 aromatic carbocycles. The van der Waals surface area contributed by atoms with Crippen molar-refractivity contribution >= 4 is 17.5 Å². The Kier molecular flexibility index (Phi) is 5.16. The summed E-state index contributed by atoms with van der Waals surface area (Å²) < 4.78 is 47.0. The van der Waals surface area contributed by atoms with Gasteiger partial charge in [-0.3, -0.25) is 9.36 Å². The summed E-state index contributed by atoms with van der Waals surface area (Å²) in [5.74, 6) is -1.08. The number of amides is 1. The summed E-state index contributed by atoms with van der Waals surface area (Å²) in [5.41, 5.74) is 0.501. The SMILES string of the molecule is O=C(NC1CC1)c1ccc(-n2cnc(-c3c(-c4ccc(Cl)cc4)noc3C(F)(F)F)c2)nc1. The molecule has 0 unspecified atom stereocenters. The van der Waals surface area contributed by atoms with Crippen LogP contribution in [-0.2, 0) is 6.18 Å². The Labute approximate surface area is 190 Å². The molecule has 1 aliphatic carbocycles. The molecular weight excluding hydrogens is 459 g/mol. The number of rotatable bonds is 5. The fourth-order valence-electron chi connectivity index (χ4n) is 3.27. The second-order valence-corrected chi connectivity index (χ2v) is 8.00. The van der Waals surface area contributed by atoms with Crippen LogP contribution in [-0.4, -0.2) is 31.6 Å². The van der Waals surface area contributed by atoms with Crippen LogP contribution in [0.15, 0.2) is 59.6 Å². The summed E-state index contributed by atoms with van der Waals surface area (Å²) in [4.78, 5) is 20.5. The van der Waals surface area contributed by atoms with Gasteiger partial charge in [0.1, 0.15) is 17.8 Å². The monoisotopic (exact) mass is 473 g/mol. The van der Waals surface area contributed by atoms with Crippen molar-refractivity contribution in [2.24, 2.45) is 0 Å². The normalized spacial score (nSPS) is 13.8. The van der Waals surface area contributed by atoms with E-state index in [-0.39, 0.29) is 28.9 Å². The maximum atomic E-state index is 13.6. The van der Waals surface area contributed by atoms with Crippen molar-refractivity contribution in [3.63, 3.8) is 0 Å². The Hall–Kier alpha value is -3.66. The topological polar surface area (TPSA) is 85.8 Å². The summed E-state index contributed by atoms with van der Waals surface area (Å²) in [6.45, 7) is 0. The highest BCUT2D eigenvalue weighted by molar-refractivity contribution is 6.30. The molecule has 11 heteroatoms. The quantitative estimate of drug-likeness (QED) is 0.433.